The molecule has 140 valence electrons. The predicted molar refractivity (Wildman–Crippen MR) is 101 cm³/mol. The molecule has 0 aliphatic carbocycles. The summed E-state index contributed by atoms with van der Waals surface area (Å²) in [7, 11) is -3.92. The van der Waals surface area contributed by atoms with Gasteiger partial charge in [-0.05, 0) is 44.2 Å². The van der Waals surface area contributed by atoms with E-state index in [9.17, 15) is 13.2 Å². The van der Waals surface area contributed by atoms with E-state index in [0.29, 0.717) is 12.4 Å². The van der Waals surface area contributed by atoms with Crippen molar-refractivity contribution in [3.8, 4) is 5.75 Å². The fourth-order valence-corrected chi connectivity index (χ4v) is 3.42. The zero-order valence-electron chi connectivity index (χ0n) is 14.3. The highest BCUT2D eigenvalue weighted by molar-refractivity contribution is 7.92. The molecule has 0 aromatic heterocycles. The van der Waals surface area contributed by atoms with Crippen molar-refractivity contribution >= 4 is 39.1 Å². The van der Waals surface area contributed by atoms with Gasteiger partial charge in [0.25, 0.3) is 10.0 Å². The van der Waals surface area contributed by atoms with Crippen molar-refractivity contribution in [3.05, 3.63) is 47.5 Å². The maximum Gasteiger partial charge on any atom is 0.411 e. The van der Waals surface area contributed by atoms with Gasteiger partial charge >= 0.3 is 6.09 Å². The molecule has 0 fully saturated rings. The van der Waals surface area contributed by atoms with Crippen LogP contribution in [-0.2, 0) is 14.8 Å². The minimum atomic E-state index is -3.92. The van der Waals surface area contributed by atoms with Crippen LogP contribution in [0.5, 0.6) is 5.75 Å². The molecule has 0 aliphatic rings. The van der Waals surface area contributed by atoms with Gasteiger partial charge in [0, 0.05) is 0 Å². The van der Waals surface area contributed by atoms with E-state index in [-0.39, 0.29) is 27.9 Å². The van der Waals surface area contributed by atoms with Gasteiger partial charge in [-0.25, -0.2) is 13.2 Å². The number of para-hydroxylation sites is 1. The molecule has 0 spiro atoms. The summed E-state index contributed by atoms with van der Waals surface area (Å²) in [4.78, 5) is 11.6. The Morgan fingerprint density at radius 3 is 2.46 bits per heavy atom. The monoisotopic (exact) mass is 398 g/mol. The zero-order valence-corrected chi connectivity index (χ0v) is 15.9. The maximum absolute atomic E-state index is 12.6. The van der Waals surface area contributed by atoms with Crippen LogP contribution in [0.2, 0.25) is 5.02 Å². The summed E-state index contributed by atoms with van der Waals surface area (Å²) in [5.41, 5.74) is 0.440. The predicted octanol–water partition coefficient (Wildman–Crippen LogP) is 4.11. The van der Waals surface area contributed by atoms with Gasteiger partial charge in [-0.2, -0.15) is 0 Å². The Morgan fingerprint density at radius 2 is 1.81 bits per heavy atom. The second-order valence-corrected chi connectivity index (χ2v) is 7.11. The fraction of sp³-hybridized carbons (Fsp3) is 0.235. The normalized spacial score (nSPS) is 10.9. The Morgan fingerprint density at radius 1 is 1.08 bits per heavy atom. The maximum atomic E-state index is 12.6. The molecule has 2 aromatic carbocycles. The van der Waals surface area contributed by atoms with E-state index in [2.05, 4.69) is 10.0 Å². The summed E-state index contributed by atoms with van der Waals surface area (Å²) in [5, 5.41) is 2.75. The van der Waals surface area contributed by atoms with Crippen molar-refractivity contribution in [2.45, 2.75) is 18.7 Å². The van der Waals surface area contributed by atoms with E-state index in [0.717, 1.165) is 0 Å². The van der Waals surface area contributed by atoms with Gasteiger partial charge in [0.05, 0.1) is 34.5 Å². The standard InChI is InChI=1S/C17H19ClN2O5S/c1-3-24-16-10-9-12(11-15(16)19-17(21)25-4-2)26(22,23)20-14-8-6-5-7-13(14)18/h5-11,20H,3-4H2,1-2H3,(H,19,21). The first-order chi connectivity index (χ1) is 12.4. The molecule has 0 atom stereocenters. The minimum absolute atomic E-state index is 0.0623. The van der Waals surface area contributed by atoms with Crippen LogP contribution >= 0.6 is 11.6 Å². The highest BCUT2D eigenvalue weighted by Crippen LogP contribution is 2.30. The first kappa shape index (κ1) is 19.9. The van der Waals surface area contributed by atoms with Crippen molar-refractivity contribution in [1.82, 2.24) is 0 Å². The Hall–Kier alpha value is -2.45. The molecule has 26 heavy (non-hydrogen) atoms. The van der Waals surface area contributed by atoms with Crippen LogP contribution in [-0.4, -0.2) is 27.7 Å². The zero-order chi connectivity index (χ0) is 19.2. The van der Waals surface area contributed by atoms with E-state index in [1.165, 1.54) is 18.2 Å². The number of hydrogen-bond donors (Lipinski definition) is 2. The van der Waals surface area contributed by atoms with E-state index in [4.69, 9.17) is 21.1 Å². The molecule has 2 N–H and O–H groups in total. The van der Waals surface area contributed by atoms with E-state index < -0.39 is 16.1 Å². The summed E-state index contributed by atoms with van der Waals surface area (Å²) >= 11 is 6.00. The smallest absolute Gasteiger partial charge is 0.411 e. The molecule has 0 radical (unpaired) electrons. The number of hydrogen-bond acceptors (Lipinski definition) is 5. The summed E-state index contributed by atoms with van der Waals surface area (Å²) in [6, 6.07) is 10.6. The summed E-state index contributed by atoms with van der Waals surface area (Å²) in [5.74, 6) is 0.331. The van der Waals surface area contributed by atoms with Gasteiger partial charge in [-0.15, -0.1) is 0 Å². The molecule has 0 saturated carbocycles. The van der Waals surface area contributed by atoms with Gasteiger partial charge in [-0.1, -0.05) is 23.7 Å². The van der Waals surface area contributed by atoms with E-state index in [1.54, 1.807) is 38.1 Å². The summed E-state index contributed by atoms with van der Waals surface area (Å²) in [6.07, 6.45) is -0.706. The van der Waals surface area contributed by atoms with Crippen LogP contribution < -0.4 is 14.8 Å². The van der Waals surface area contributed by atoms with Crippen molar-refractivity contribution in [3.63, 3.8) is 0 Å². The molecule has 9 heteroatoms. The van der Waals surface area contributed by atoms with Gasteiger partial charge in [0.2, 0.25) is 0 Å². The van der Waals surface area contributed by atoms with E-state index in [1.807, 2.05) is 0 Å². The fourth-order valence-electron chi connectivity index (χ4n) is 2.08. The first-order valence-electron chi connectivity index (χ1n) is 7.85. The van der Waals surface area contributed by atoms with E-state index >= 15 is 0 Å². The van der Waals surface area contributed by atoms with Crippen LogP contribution in [0.4, 0.5) is 16.2 Å². The van der Waals surface area contributed by atoms with Crippen molar-refractivity contribution in [1.29, 1.82) is 0 Å². The largest absolute Gasteiger partial charge is 0.492 e. The highest BCUT2D eigenvalue weighted by atomic mass is 35.5. The highest BCUT2D eigenvalue weighted by Gasteiger charge is 2.19. The SMILES string of the molecule is CCOC(=O)Nc1cc(S(=O)(=O)Nc2ccccc2Cl)ccc1OCC. The average Bonchev–Trinajstić information content (AvgIpc) is 2.58. The Bertz CT molecular complexity index is 886. The number of nitrogens with one attached hydrogen (secondary N) is 2. The number of carbonyl (C=O) groups excluding carboxylic acids is 1. The quantitative estimate of drug-likeness (QED) is 0.732. The first-order valence-corrected chi connectivity index (χ1v) is 9.71. The third-order valence-electron chi connectivity index (χ3n) is 3.19. The Kier molecular flexibility index (Phi) is 6.70. The number of anilines is 2. The lowest BCUT2D eigenvalue weighted by molar-refractivity contribution is 0.167. The second kappa shape index (κ2) is 8.77. The topological polar surface area (TPSA) is 93.7 Å². The van der Waals surface area contributed by atoms with Gasteiger partial charge in [0.15, 0.2) is 0 Å². The Balaban J connectivity index is 2.36. The van der Waals surface area contributed by atoms with Crippen LogP contribution in [0.3, 0.4) is 0 Å². The molecular formula is C17H19ClN2O5S. The number of halogens is 1. The number of benzene rings is 2. The number of ether oxygens (including phenoxy) is 2. The van der Waals surface area contributed by atoms with Gasteiger partial charge in [-0.3, -0.25) is 10.0 Å². The van der Waals surface area contributed by atoms with Crippen LogP contribution in [0.15, 0.2) is 47.4 Å². The van der Waals surface area contributed by atoms with Crippen LogP contribution in [0.1, 0.15) is 13.8 Å². The number of carbonyl (C=O) groups is 1. The minimum Gasteiger partial charge on any atom is -0.492 e. The number of sulfonamides is 1. The lowest BCUT2D eigenvalue weighted by Gasteiger charge is -2.14. The molecule has 7 nitrogen and oxygen atoms in total. The number of amides is 1. The lowest BCUT2D eigenvalue weighted by atomic mass is 10.3. The molecule has 0 saturated heterocycles. The third-order valence-corrected chi connectivity index (χ3v) is 4.88. The summed E-state index contributed by atoms with van der Waals surface area (Å²) < 4.78 is 37.9. The second-order valence-electron chi connectivity index (χ2n) is 5.02. The molecule has 2 aromatic rings. The van der Waals surface area contributed by atoms with Gasteiger partial charge < -0.3 is 9.47 Å². The van der Waals surface area contributed by atoms with Crippen molar-refractivity contribution in [2.75, 3.05) is 23.3 Å². The molecule has 0 heterocycles. The molecule has 0 aliphatic heterocycles. The Labute approximate surface area is 157 Å². The number of rotatable bonds is 7. The molecule has 0 unspecified atom stereocenters. The molecular weight excluding hydrogens is 380 g/mol. The van der Waals surface area contributed by atoms with Gasteiger partial charge in [0.1, 0.15) is 5.75 Å². The summed E-state index contributed by atoms with van der Waals surface area (Å²) in [6.45, 7) is 3.97. The van der Waals surface area contributed by atoms with Crippen molar-refractivity contribution < 1.29 is 22.7 Å². The van der Waals surface area contributed by atoms with Crippen molar-refractivity contribution in [2.24, 2.45) is 0 Å². The van der Waals surface area contributed by atoms with Crippen LogP contribution in [0.25, 0.3) is 0 Å². The lowest BCUT2D eigenvalue weighted by Crippen LogP contribution is -2.16. The average molecular weight is 399 g/mol. The molecule has 1 amide bonds. The molecule has 2 rings (SSSR count). The third kappa shape index (κ3) is 5.03. The van der Waals surface area contributed by atoms with Crippen LogP contribution in [0, 0.1) is 0 Å². The molecule has 0 bridgehead atoms.